The Hall–Kier alpha value is -2.39. The van der Waals surface area contributed by atoms with Gasteiger partial charge in [0.05, 0.1) is 28.1 Å². The molecule has 11 heteroatoms. The van der Waals surface area contributed by atoms with Crippen LogP contribution in [0.5, 0.6) is 0 Å². The van der Waals surface area contributed by atoms with E-state index in [0.29, 0.717) is 6.42 Å². The van der Waals surface area contributed by atoms with Gasteiger partial charge in [0.15, 0.2) is 5.78 Å². The van der Waals surface area contributed by atoms with E-state index in [9.17, 15) is 27.7 Å². The van der Waals surface area contributed by atoms with Crippen LogP contribution < -0.4 is 5.30 Å². The number of hydrogen-bond donors (Lipinski definition) is 1. The van der Waals surface area contributed by atoms with Crippen LogP contribution in [0.25, 0.3) is 11.1 Å². The molecular weight excluding hydrogens is 450 g/mol. The van der Waals surface area contributed by atoms with Crippen LogP contribution in [0.4, 0.5) is 13.2 Å². The number of ketones is 1. The molecule has 32 heavy (non-hydrogen) atoms. The topological polar surface area (TPSA) is 95.0 Å². The van der Waals surface area contributed by atoms with Gasteiger partial charge in [-0.1, -0.05) is 18.2 Å². The van der Waals surface area contributed by atoms with Gasteiger partial charge in [0.2, 0.25) is 5.30 Å². The summed E-state index contributed by atoms with van der Waals surface area (Å²) in [6.07, 6.45) is -4.27. The van der Waals surface area contributed by atoms with Crippen molar-refractivity contribution in [1.29, 1.82) is 0 Å². The third-order valence-corrected chi connectivity index (χ3v) is 6.92. The smallest absolute Gasteiger partial charge is 0.448 e. The largest absolute Gasteiger partial charge is 0.454 e. The van der Waals surface area contributed by atoms with E-state index in [1.807, 2.05) is 0 Å². The third kappa shape index (κ3) is 4.83. The number of carbonyl (C=O) groups is 2. The molecule has 0 saturated carbocycles. The molecule has 1 aliphatic rings. The molecule has 0 atom stereocenters. The molecule has 172 valence electrons. The molecule has 2 aromatic rings. The molecule has 0 radical (unpaired) electrons. The van der Waals surface area contributed by atoms with Crippen LogP contribution in [0, 0.1) is 13.8 Å². The number of alkyl halides is 3. The van der Waals surface area contributed by atoms with Gasteiger partial charge in [-0.2, -0.15) is 27.1 Å². The summed E-state index contributed by atoms with van der Waals surface area (Å²) in [5.41, 5.74) is -1.66. The van der Waals surface area contributed by atoms with Crippen molar-refractivity contribution in [1.82, 2.24) is 4.98 Å². The third-order valence-electron chi connectivity index (χ3n) is 4.74. The number of ether oxygens (including phenoxy) is 1. The van der Waals surface area contributed by atoms with Crippen molar-refractivity contribution in [2.45, 2.75) is 33.4 Å². The van der Waals surface area contributed by atoms with Crippen molar-refractivity contribution in [3.8, 4) is 11.1 Å². The van der Waals surface area contributed by atoms with Crippen LogP contribution in [0.15, 0.2) is 24.3 Å². The fraction of sp³-hybridized carbons (Fsp3) is 0.381. The van der Waals surface area contributed by atoms with Gasteiger partial charge < -0.3 is 4.74 Å². The number of Topliss-reactive ketones (excluding diaryl/α,β-unsaturated/α-hetero) is 1. The molecule has 0 amide bonds. The first kappa shape index (κ1) is 24.3. The lowest BCUT2D eigenvalue weighted by Crippen LogP contribution is -2.30. The Morgan fingerprint density at radius 3 is 2.38 bits per heavy atom. The number of halogens is 3. The number of carbonyl (C=O) groups excluding carboxylic acids is 2. The van der Waals surface area contributed by atoms with Crippen LogP contribution in [-0.4, -0.2) is 41.5 Å². The van der Waals surface area contributed by atoms with Crippen molar-refractivity contribution < 1.29 is 41.4 Å². The monoisotopic (exact) mass is 472 g/mol. The van der Waals surface area contributed by atoms with Gasteiger partial charge in [-0.3, -0.25) is 9.78 Å². The van der Waals surface area contributed by atoms with Crippen LogP contribution in [0.2, 0.25) is 0 Å². The first-order valence-corrected chi connectivity index (χ1v) is 11.3. The van der Waals surface area contributed by atoms with Gasteiger partial charge in [0.1, 0.15) is 19.8 Å². The van der Waals surface area contributed by atoms with Crippen molar-refractivity contribution in [3.63, 3.8) is 0 Å². The molecule has 0 bridgehead atoms. The van der Waals surface area contributed by atoms with Gasteiger partial charge in [0, 0.05) is 6.42 Å². The summed E-state index contributed by atoms with van der Waals surface area (Å²) >= 11 is 0. The van der Waals surface area contributed by atoms with E-state index in [4.69, 9.17) is 13.8 Å². The van der Waals surface area contributed by atoms with Crippen molar-refractivity contribution in [2.75, 3.05) is 19.8 Å². The van der Waals surface area contributed by atoms with Gasteiger partial charge in [-0.25, -0.2) is 4.79 Å². The SMILES string of the molecule is CC(=O)COC(=O)c1c(C)nc(C)c([P+]2(O)OCCCO2)c1-c1ccccc1C(F)(F)F. The van der Waals surface area contributed by atoms with Crippen molar-refractivity contribution in [2.24, 2.45) is 0 Å². The molecule has 1 saturated heterocycles. The second-order valence-corrected chi connectivity index (χ2v) is 9.25. The highest BCUT2D eigenvalue weighted by atomic mass is 31.2. The first-order valence-electron chi connectivity index (χ1n) is 9.71. The standard InChI is InChI=1S/C21H22F3NO6P/c1-12(26)11-29-20(27)17-13(2)25-14(3)19(32(28)30-9-6-10-31-32)18(17)15-7-4-5-8-16(15)21(22,23)24/h4-5,7-8,28H,6,9-11H2,1-3H3/q+1. The summed E-state index contributed by atoms with van der Waals surface area (Å²) in [7, 11) is -3.86. The van der Waals surface area contributed by atoms with E-state index in [1.165, 1.54) is 39.0 Å². The summed E-state index contributed by atoms with van der Waals surface area (Å²) in [5, 5.41) is -0.116. The number of rotatable bonds is 5. The summed E-state index contributed by atoms with van der Waals surface area (Å²) in [4.78, 5) is 39.7. The predicted molar refractivity (Wildman–Crippen MR) is 110 cm³/mol. The average Bonchev–Trinajstić information content (AvgIpc) is 2.71. The van der Waals surface area contributed by atoms with Gasteiger partial charge in [0.25, 0.3) is 0 Å². The number of aromatic nitrogens is 1. The molecule has 1 fully saturated rings. The summed E-state index contributed by atoms with van der Waals surface area (Å²) in [6, 6.07) is 4.67. The molecule has 1 aromatic carbocycles. The highest BCUT2D eigenvalue weighted by molar-refractivity contribution is 7.69. The quantitative estimate of drug-likeness (QED) is 0.520. The molecule has 1 N–H and O–H groups in total. The predicted octanol–water partition coefficient (Wildman–Crippen LogP) is 3.95. The van der Waals surface area contributed by atoms with E-state index >= 15 is 0 Å². The Bertz CT molecular complexity index is 1050. The Morgan fingerprint density at radius 1 is 1.16 bits per heavy atom. The number of esters is 1. The van der Waals surface area contributed by atoms with Gasteiger partial charge >= 0.3 is 20.1 Å². The first-order chi connectivity index (χ1) is 15.0. The fourth-order valence-electron chi connectivity index (χ4n) is 3.49. The highest BCUT2D eigenvalue weighted by Gasteiger charge is 2.52. The number of nitrogens with zero attached hydrogens (tertiary/aromatic N) is 1. The number of aryl methyl sites for hydroxylation is 2. The van der Waals surface area contributed by atoms with E-state index in [1.54, 1.807) is 0 Å². The van der Waals surface area contributed by atoms with Gasteiger partial charge in [-0.15, -0.1) is 0 Å². The Labute approximate surface area is 183 Å². The second kappa shape index (κ2) is 9.23. The summed E-state index contributed by atoms with van der Waals surface area (Å²) in [6.45, 7) is 3.83. The Kier molecular flexibility index (Phi) is 7.00. The zero-order chi connectivity index (χ0) is 23.7. The zero-order valence-electron chi connectivity index (χ0n) is 17.7. The molecule has 0 aliphatic carbocycles. The van der Waals surface area contributed by atoms with Crippen molar-refractivity contribution in [3.05, 3.63) is 46.8 Å². The van der Waals surface area contributed by atoms with Gasteiger partial charge in [-0.05, 0) is 32.4 Å². The number of benzene rings is 1. The van der Waals surface area contributed by atoms with Crippen LogP contribution >= 0.6 is 7.94 Å². The minimum atomic E-state index is -4.76. The molecule has 1 aliphatic heterocycles. The Balaban J connectivity index is 2.39. The Morgan fingerprint density at radius 2 is 1.78 bits per heavy atom. The minimum absolute atomic E-state index is 0.0791. The summed E-state index contributed by atoms with van der Waals surface area (Å²) in [5.74, 6) is -1.49. The maximum Gasteiger partial charge on any atom is 0.448 e. The maximum absolute atomic E-state index is 13.9. The molecule has 0 unspecified atom stereocenters. The molecule has 7 nitrogen and oxygen atoms in total. The lowest BCUT2D eigenvalue weighted by Gasteiger charge is -2.26. The molecule has 2 heterocycles. The highest BCUT2D eigenvalue weighted by Crippen LogP contribution is 2.60. The number of pyridine rings is 1. The van der Waals surface area contributed by atoms with Crippen LogP contribution in [0.3, 0.4) is 0 Å². The van der Waals surface area contributed by atoms with E-state index in [-0.39, 0.29) is 46.6 Å². The molecule has 0 spiro atoms. The van der Waals surface area contributed by atoms with Crippen LogP contribution in [-0.2, 0) is 24.8 Å². The minimum Gasteiger partial charge on any atom is -0.454 e. The summed E-state index contributed by atoms with van der Waals surface area (Å²) < 4.78 is 57.7. The second-order valence-electron chi connectivity index (χ2n) is 7.24. The van der Waals surface area contributed by atoms with Crippen molar-refractivity contribution >= 4 is 25.0 Å². The van der Waals surface area contributed by atoms with E-state index in [0.717, 1.165) is 6.07 Å². The van der Waals surface area contributed by atoms with E-state index in [2.05, 4.69) is 4.98 Å². The normalized spacial score (nSPS) is 16.0. The van der Waals surface area contributed by atoms with E-state index < -0.39 is 38.0 Å². The van der Waals surface area contributed by atoms with Crippen LogP contribution in [0.1, 0.15) is 40.7 Å². The molecule has 3 rings (SSSR count). The number of hydrogen-bond acceptors (Lipinski definition) is 7. The maximum atomic E-state index is 13.9. The lowest BCUT2D eigenvalue weighted by atomic mass is 9.93. The molecular formula is C21H22F3NO6P+. The molecule has 1 aromatic heterocycles. The zero-order valence-corrected chi connectivity index (χ0v) is 18.5. The lowest BCUT2D eigenvalue weighted by molar-refractivity contribution is -0.137. The average molecular weight is 472 g/mol. The fourth-order valence-corrected chi connectivity index (χ4v) is 5.55.